The molecular formula is C19H21ClFN3O3. The van der Waals surface area contributed by atoms with E-state index in [2.05, 4.69) is 16.0 Å². The fourth-order valence-corrected chi connectivity index (χ4v) is 2.64. The molecule has 1 aliphatic rings. The summed E-state index contributed by atoms with van der Waals surface area (Å²) in [4.78, 5) is 24.3. The van der Waals surface area contributed by atoms with Crippen LogP contribution in [0.5, 0.6) is 0 Å². The third kappa shape index (κ3) is 6.02. The molecule has 144 valence electrons. The average molecular weight is 394 g/mol. The van der Waals surface area contributed by atoms with Gasteiger partial charge in [0.05, 0.1) is 13.2 Å². The largest absolute Gasteiger partial charge is 0.378 e. The number of ether oxygens (including phenoxy) is 1. The zero-order valence-corrected chi connectivity index (χ0v) is 15.4. The molecule has 1 fully saturated rings. The summed E-state index contributed by atoms with van der Waals surface area (Å²) in [6, 6.07) is 12.3. The third-order valence-corrected chi connectivity index (χ3v) is 3.98. The fraction of sp³-hybridized carbons (Fsp3) is 0.263. The molecule has 3 rings (SSSR count). The van der Waals surface area contributed by atoms with Crippen molar-refractivity contribution in [2.24, 2.45) is 0 Å². The minimum atomic E-state index is -0.464. The van der Waals surface area contributed by atoms with Crippen molar-refractivity contribution < 1.29 is 18.7 Å². The Morgan fingerprint density at radius 1 is 1.19 bits per heavy atom. The van der Waals surface area contributed by atoms with Gasteiger partial charge in [-0.15, -0.1) is 12.4 Å². The van der Waals surface area contributed by atoms with Crippen molar-refractivity contribution in [2.75, 3.05) is 25.1 Å². The van der Waals surface area contributed by atoms with E-state index in [0.29, 0.717) is 32.0 Å². The first-order valence-electron chi connectivity index (χ1n) is 8.36. The van der Waals surface area contributed by atoms with E-state index < -0.39 is 11.7 Å². The number of anilines is 1. The van der Waals surface area contributed by atoms with E-state index in [0.717, 1.165) is 5.56 Å². The van der Waals surface area contributed by atoms with Gasteiger partial charge in [-0.05, 0) is 35.9 Å². The molecule has 6 nitrogen and oxygen atoms in total. The number of morpholine rings is 1. The van der Waals surface area contributed by atoms with Gasteiger partial charge in [-0.1, -0.05) is 18.2 Å². The monoisotopic (exact) mass is 393 g/mol. The van der Waals surface area contributed by atoms with E-state index in [9.17, 15) is 14.0 Å². The lowest BCUT2D eigenvalue weighted by molar-refractivity contribution is -0.126. The zero-order valence-electron chi connectivity index (χ0n) is 14.5. The number of halogens is 2. The SMILES string of the molecule is Cl.O=C(Nc1cccc(CNC(=O)C2COCCN2)c1)c1cccc(F)c1. The van der Waals surface area contributed by atoms with Crippen LogP contribution < -0.4 is 16.0 Å². The lowest BCUT2D eigenvalue weighted by Gasteiger charge is -2.22. The molecule has 1 heterocycles. The van der Waals surface area contributed by atoms with Gasteiger partial charge in [0, 0.05) is 24.3 Å². The van der Waals surface area contributed by atoms with Gasteiger partial charge in [-0.2, -0.15) is 0 Å². The maximum Gasteiger partial charge on any atom is 0.255 e. The summed E-state index contributed by atoms with van der Waals surface area (Å²) >= 11 is 0. The third-order valence-electron chi connectivity index (χ3n) is 3.98. The van der Waals surface area contributed by atoms with Crippen molar-refractivity contribution >= 4 is 29.9 Å². The number of rotatable bonds is 5. The summed E-state index contributed by atoms with van der Waals surface area (Å²) in [5.41, 5.74) is 1.66. The van der Waals surface area contributed by atoms with Crippen molar-refractivity contribution in [3.63, 3.8) is 0 Å². The summed E-state index contributed by atoms with van der Waals surface area (Å²) in [5, 5.41) is 8.66. The topological polar surface area (TPSA) is 79.5 Å². The summed E-state index contributed by atoms with van der Waals surface area (Å²) in [5.74, 6) is -0.984. The number of carbonyl (C=O) groups excluding carboxylic acids is 2. The van der Waals surface area contributed by atoms with E-state index >= 15 is 0 Å². The molecule has 0 saturated carbocycles. The van der Waals surface area contributed by atoms with E-state index in [1.54, 1.807) is 24.3 Å². The molecule has 27 heavy (non-hydrogen) atoms. The molecule has 0 spiro atoms. The lowest BCUT2D eigenvalue weighted by atomic mass is 10.1. The van der Waals surface area contributed by atoms with E-state index in [4.69, 9.17) is 4.74 Å². The lowest BCUT2D eigenvalue weighted by Crippen LogP contribution is -2.51. The summed E-state index contributed by atoms with van der Waals surface area (Å²) in [6.07, 6.45) is 0. The quantitative estimate of drug-likeness (QED) is 0.727. The van der Waals surface area contributed by atoms with Gasteiger partial charge in [0.2, 0.25) is 5.91 Å². The second kappa shape index (κ2) is 10.0. The number of hydrogen-bond donors (Lipinski definition) is 3. The Morgan fingerprint density at radius 2 is 2.00 bits per heavy atom. The number of amides is 2. The molecule has 1 aliphatic heterocycles. The minimum absolute atomic E-state index is 0. The summed E-state index contributed by atoms with van der Waals surface area (Å²) in [6.45, 7) is 1.95. The highest BCUT2D eigenvalue weighted by atomic mass is 35.5. The highest BCUT2D eigenvalue weighted by Crippen LogP contribution is 2.13. The van der Waals surface area contributed by atoms with Crippen molar-refractivity contribution in [3.8, 4) is 0 Å². The molecule has 0 aromatic heterocycles. The van der Waals surface area contributed by atoms with Crippen molar-refractivity contribution in [1.82, 2.24) is 10.6 Å². The van der Waals surface area contributed by atoms with Crippen LogP contribution >= 0.6 is 12.4 Å². The Hall–Kier alpha value is -2.48. The van der Waals surface area contributed by atoms with Crippen molar-refractivity contribution in [1.29, 1.82) is 0 Å². The van der Waals surface area contributed by atoms with Gasteiger partial charge in [0.25, 0.3) is 5.91 Å². The van der Waals surface area contributed by atoms with Crippen molar-refractivity contribution in [3.05, 3.63) is 65.5 Å². The normalized spacial score (nSPS) is 16.1. The molecule has 2 aromatic rings. The Bertz CT molecular complexity index is 797. The molecule has 0 radical (unpaired) electrons. The second-order valence-electron chi connectivity index (χ2n) is 5.96. The van der Waals surface area contributed by atoms with Gasteiger partial charge in [-0.3, -0.25) is 9.59 Å². The fourth-order valence-electron chi connectivity index (χ4n) is 2.64. The molecule has 0 aliphatic carbocycles. The van der Waals surface area contributed by atoms with Crippen LogP contribution in [-0.4, -0.2) is 37.6 Å². The van der Waals surface area contributed by atoms with Crippen LogP contribution in [0.2, 0.25) is 0 Å². The molecule has 1 atom stereocenters. The average Bonchev–Trinajstić information content (AvgIpc) is 2.67. The number of carbonyl (C=O) groups is 2. The summed E-state index contributed by atoms with van der Waals surface area (Å²) < 4.78 is 18.5. The minimum Gasteiger partial charge on any atom is -0.378 e. The Kier molecular flexibility index (Phi) is 7.72. The molecule has 1 saturated heterocycles. The smallest absolute Gasteiger partial charge is 0.255 e. The maximum absolute atomic E-state index is 13.2. The first kappa shape index (κ1) is 20.8. The van der Waals surface area contributed by atoms with Gasteiger partial charge in [-0.25, -0.2) is 4.39 Å². The number of benzene rings is 2. The van der Waals surface area contributed by atoms with Gasteiger partial charge >= 0.3 is 0 Å². The Balaban J connectivity index is 0.00000261. The zero-order chi connectivity index (χ0) is 18.4. The van der Waals surface area contributed by atoms with E-state index in [-0.39, 0.29) is 29.9 Å². The van der Waals surface area contributed by atoms with Gasteiger partial charge in [0.15, 0.2) is 0 Å². The molecule has 1 unspecified atom stereocenters. The predicted molar refractivity (Wildman–Crippen MR) is 102 cm³/mol. The molecule has 3 N–H and O–H groups in total. The van der Waals surface area contributed by atoms with E-state index in [1.165, 1.54) is 18.2 Å². The van der Waals surface area contributed by atoms with Crippen LogP contribution in [0.4, 0.5) is 10.1 Å². The van der Waals surface area contributed by atoms with E-state index in [1.807, 2.05) is 6.07 Å². The predicted octanol–water partition coefficient (Wildman–Crippen LogP) is 2.10. The first-order valence-corrected chi connectivity index (χ1v) is 8.36. The van der Waals surface area contributed by atoms with Crippen molar-refractivity contribution in [2.45, 2.75) is 12.6 Å². The van der Waals surface area contributed by atoms with Gasteiger partial charge < -0.3 is 20.7 Å². The number of nitrogens with one attached hydrogen (secondary N) is 3. The highest BCUT2D eigenvalue weighted by Gasteiger charge is 2.20. The highest BCUT2D eigenvalue weighted by molar-refractivity contribution is 6.04. The molecule has 2 amide bonds. The molecule has 0 bridgehead atoms. The van der Waals surface area contributed by atoms with Gasteiger partial charge in [0.1, 0.15) is 11.9 Å². The molecule has 8 heteroatoms. The molecule has 2 aromatic carbocycles. The van der Waals surface area contributed by atoms with Crippen LogP contribution in [0, 0.1) is 5.82 Å². The van der Waals surface area contributed by atoms with Crippen LogP contribution in [0.1, 0.15) is 15.9 Å². The second-order valence-corrected chi connectivity index (χ2v) is 5.96. The maximum atomic E-state index is 13.2. The number of hydrogen-bond acceptors (Lipinski definition) is 4. The summed E-state index contributed by atoms with van der Waals surface area (Å²) in [7, 11) is 0. The first-order chi connectivity index (χ1) is 12.6. The Labute approximate surface area is 162 Å². The van der Waals surface area contributed by atoms with Crippen LogP contribution in [0.3, 0.4) is 0 Å². The Morgan fingerprint density at radius 3 is 2.74 bits per heavy atom. The van der Waals surface area contributed by atoms with Crippen LogP contribution in [0.15, 0.2) is 48.5 Å². The van der Waals surface area contributed by atoms with Crippen LogP contribution in [0.25, 0.3) is 0 Å². The van der Waals surface area contributed by atoms with Crippen LogP contribution in [-0.2, 0) is 16.1 Å². The molecular weight excluding hydrogens is 373 g/mol. The standard InChI is InChI=1S/C19H20FN3O3.ClH/c20-15-5-2-4-14(10-15)18(24)23-16-6-1-3-13(9-16)11-22-19(25)17-12-26-8-7-21-17;/h1-6,9-10,17,21H,7-8,11-12H2,(H,22,25)(H,23,24);1H.